The van der Waals surface area contributed by atoms with E-state index in [4.69, 9.17) is 17.3 Å². The fourth-order valence-corrected chi connectivity index (χ4v) is 4.22. The van der Waals surface area contributed by atoms with E-state index < -0.39 is 10.0 Å². The number of benzene rings is 1. The van der Waals surface area contributed by atoms with Crippen LogP contribution in [0.1, 0.15) is 25.8 Å². The van der Waals surface area contributed by atoms with Crippen LogP contribution in [0.5, 0.6) is 0 Å². The molecule has 2 N–H and O–H groups in total. The molecule has 0 amide bonds. The van der Waals surface area contributed by atoms with Gasteiger partial charge in [-0.2, -0.15) is 4.31 Å². The van der Waals surface area contributed by atoms with Crippen molar-refractivity contribution in [2.24, 2.45) is 5.41 Å². The number of rotatable bonds is 2. The van der Waals surface area contributed by atoms with Crippen molar-refractivity contribution < 1.29 is 8.42 Å². The van der Waals surface area contributed by atoms with Crippen LogP contribution in [-0.2, 0) is 10.0 Å². The number of nitrogens with two attached hydrogens (primary N) is 1. The van der Waals surface area contributed by atoms with Crippen molar-refractivity contribution in [3.8, 4) is 0 Å². The van der Waals surface area contributed by atoms with E-state index in [1.54, 1.807) is 6.92 Å². The maximum atomic E-state index is 12.5. The fourth-order valence-electron chi connectivity index (χ4n) is 2.24. The summed E-state index contributed by atoms with van der Waals surface area (Å²) >= 11 is 6.02. The summed E-state index contributed by atoms with van der Waals surface area (Å²) < 4.78 is 26.6. The second kappa shape index (κ2) is 4.65. The van der Waals surface area contributed by atoms with Gasteiger partial charge in [-0.25, -0.2) is 8.42 Å². The molecule has 0 aromatic heterocycles. The van der Waals surface area contributed by atoms with Crippen molar-refractivity contribution in [1.29, 1.82) is 0 Å². The largest absolute Gasteiger partial charge is 0.398 e. The molecular formula is C13H19ClN2O2S. The maximum Gasteiger partial charge on any atom is 0.243 e. The molecule has 0 unspecified atom stereocenters. The molecule has 0 saturated carbocycles. The van der Waals surface area contributed by atoms with Crippen molar-refractivity contribution in [2.75, 3.05) is 18.8 Å². The molecule has 1 aliphatic heterocycles. The van der Waals surface area contributed by atoms with Crippen LogP contribution < -0.4 is 5.73 Å². The van der Waals surface area contributed by atoms with E-state index in [0.29, 0.717) is 29.4 Å². The quantitative estimate of drug-likeness (QED) is 0.854. The molecule has 0 atom stereocenters. The number of hydrogen-bond acceptors (Lipinski definition) is 3. The zero-order valence-corrected chi connectivity index (χ0v) is 13.0. The highest BCUT2D eigenvalue weighted by Crippen LogP contribution is 2.34. The minimum Gasteiger partial charge on any atom is -0.398 e. The second-order valence-corrected chi connectivity index (χ2v) is 8.22. The average molecular weight is 303 g/mol. The van der Waals surface area contributed by atoms with Crippen LogP contribution in [0.3, 0.4) is 0 Å². The maximum absolute atomic E-state index is 12.5. The van der Waals surface area contributed by atoms with E-state index in [0.717, 1.165) is 6.42 Å². The Bertz CT molecular complexity index is 588. The molecule has 1 saturated heterocycles. The van der Waals surface area contributed by atoms with Crippen LogP contribution in [0.4, 0.5) is 5.69 Å². The van der Waals surface area contributed by atoms with E-state index in [9.17, 15) is 8.42 Å². The molecular weight excluding hydrogens is 284 g/mol. The van der Waals surface area contributed by atoms with Crippen LogP contribution in [0.2, 0.25) is 5.02 Å². The first-order chi connectivity index (χ1) is 8.63. The molecule has 19 heavy (non-hydrogen) atoms. The Balaban J connectivity index is 2.41. The Morgan fingerprint density at radius 3 is 2.47 bits per heavy atom. The van der Waals surface area contributed by atoms with Gasteiger partial charge in [-0.3, -0.25) is 0 Å². The van der Waals surface area contributed by atoms with Gasteiger partial charge in [-0.1, -0.05) is 25.4 Å². The highest BCUT2D eigenvalue weighted by Gasteiger charge is 2.37. The second-order valence-electron chi connectivity index (χ2n) is 5.87. The molecule has 0 radical (unpaired) electrons. The Morgan fingerprint density at radius 1 is 1.37 bits per heavy atom. The number of hydrogen-bond donors (Lipinski definition) is 1. The first-order valence-corrected chi connectivity index (χ1v) is 8.01. The van der Waals surface area contributed by atoms with E-state index >= 15 is 0 Å². The Hall–Kier alpha value is -0.780. The summed E-state index contributed by atoms with van der Waals surface area (Å²) in [4.78, 5) is 0.179. The van der Waals surface area contributed by atoms with Crippen LogP contribution in [0, 0.1) is 12.3 Å². The van der Waals surface area contributed by atoms with Crippen LogP contribution in [0.25, 0.3) is 0 Å². The normalized spacial score (nSPS) is 19.8. The third-order valence-corrected chi connectivity index (χ3v) is 5.85. The predicted molar refractivity (Wildman–Crippen MR) is 77.8 cm³/mol. The smallest absolute Gasteiger partial charge is 0.243 e. The van der Waals surface area contributed by atoms with Gasteiger partial charge in [0, 0.05) is 23.8 Å². The topological polar surface area (TPSA) is 63.4 Å². The molecule has 1 aliphatic rings. The Morgan fingerprint density at radius 2 is 2.00 bits per heavy atom. The van der Waals surface area contributed by atoms with E-state index in [1.807, 2.05) is 0 Å². The third kappa shape index (κ3) is 2.73. The highest BCUT2D eigenvalue weighted by molar-refractivity contribution is 7.89. The summed E-state index contributed by atoms with van der Waals surface area (Å²) in [5.41, 5.74) is 6.94. The lowest BCUT2D eigenvalue weighted by Crippen LogP contribution is -2.30. The lowest BCUT2D eigenvalue weighted by atomic mass is 9.93. The van der Waals surface area contributed by atoms with Gasteiger partial charge in [0.05, 0.1) is 4.90 Å². The molecule has 6 heteroatoms. The van der Waals surface area contributed by atoms with Crippen molar-refractivity contribution in [2.45, 2.75) is 32.1 Å². The van der Waals surface area contributed by atoms with Crippen LogP contribution in [-0.4, -0.2) is 25.8 Å². The molecule has 0 bridgehead atoms. The summed E-state index contributed by atoms with van der Waals surface area (Å²) in [6.07, 6.45) is 0.862. The van der Waals surface area contributed by atoms with Gasteiger partial charge in [0.1, 0.15) is 0 Å². The first kappa shape index (κ1) is 14.6. The molecule has 106 valence electrons. The van der Waals surface area contributed by atoms with E-state index in [2.05, 4.69) is 13.8 Å². The summed E-state index contributed by atoms with van der Waals surface area (Å²) in [6, 6.07) is 2.97. The van der Waals surface area contributed by atoms with Crippen LogP contribution in [0.15, 0.2) is 17.0 Å². The standard InChI is InChI=1S/C13H19ClN2O2S/c1-9-11(14)6-10(7-12(9)15)19(17,18)16-5-4-13(2,3)8-16/h6-7H,4-5,8,15H2,1-3H3. The van der Waals surface area contributed by atoms with Crippen molar-refractivity contribution >= 4 is 27.3 Å². The molecule has 0 aliphatic carbocycles. The van der Waals surface area contributed by atoms with Gasteiger partial charge >= 0.3 is 0 Å². The number of nitrogen functional groups attached to an aromatic ring is 1. The van der Waals surface area contributed by atoms with Gasteiger partial charge in [-0.05, 0) is 36.5 Å². The molecule has 0 spiro atoms. The number of halogens is 1. The summed E-state index contributed by atoms with van der Waals surface area (Å²) in [5.74, 6) is 0. The zero-order valence-electron chi connectivity index (χ0n) is 11.4. The molecule has 2 rings (SSSR count). The van der Waals surface area contributed by atoms with Crippen molar-refractivity contribution in [1.82, 2.24) is 4.31 Å². The van der Waals surface area contributed by atoms with E-state index in [1.165, 1.54) is 16.4 Å². The van der Waals surface area contributed by atoms with Crippen LogP contribution >= 0.6 is 11.6 Å². The number of nitrogens with zero attached hydrogens (tertiary/aromatic N) is 1. The molecule has 1 heterocycles. The van der Waals surface area contributed by atoms with Gasteiger partial charge in [0.2, 0.25) is 10.0 Å². The molecule has 1 aromatic carbocycles. The number of sulfonamides is 1. The third-order valence-electron chi connectivity index (χ3n) is 3.64. The van der Waals surface area contributed by atoms with Gasteiger partial charge < -0.3 is 5.73 Å². The number of anilines is 1. The fraction of sp³-hybridized carbons (Fsp3) is 0.538. The van der Waals surface area contributed by atoms with Crippen molar-refractivity contribution in [3.63, 3.8) is 0 Å². The van der Waals surface area contributed by atoms with E-state index in [-0.39, 0.29) is 10.3 Å². The predicted octanol–water partition coefficient (Wildman–Crippen LogP) is 2.65. The lowest BCUT2D eigenvalue weighted by molar-refractivity contribution is 0.375. The summed E-state index contributed by atoms with van der Waals surface area (Å²) in [6.45, 7) is 6.98. The highest BCUT2D eigenvalue weighted by atomic mass is 35.5. The molecule has 4 nitrogen and oxygen atoms in total. The minimum absolute atomic E-state index is 0.0209. The zero-order chi connectivity index (χ0) is 14.4. The van der Waals surface area contributed by atoms with Crippen molar-refractivity contribution in [3.05, 3.63) is 22.7 Å². The van der Waals surface area contributed by atoms with Gasteiger partial charge in [0.15, 0.2) is 0 Å². The SMILES string of the molecule is Cc1c(N)cc(S(=O)(=O)N2CCC(C)(C)C2)cc1Cl. The monoisotopic (exact) mass is 302 g/mol. The average Bonchev–Trinajstić information content (AvgIpc) is 2.66. The minimum atomic E-state index is -3.50. The first-order valence-electron chi connectivity index (χ1n) is 6.19. The Labute approximate surface area is 119 Å². The summed E-state index contributed by atoms with van der Waals surface area (Å²) in [5, 5.41) is 0.386. The molecule has 1 aromatic rings. The molecule has 1 fully saturated rings. The van der Waals surface area contributed by atoms with Gasteiger partial charge in [-0.15, -0.1) is 0 Å². The Kier molecular flexibility index (Phi) is 3.58. The lowest BCUT2D eigenvalue weighted by Gasteiger charge is -2.20. The summed E-state index contributed by atoms with van der Waals surface area (Å²) in [7, 11) is -3.50. The van der Waals surface area contributed by atoms with Gasteiger partial charge in [0.25, 0.3) is 0 Å².